The van der Waals surface area contributed by atoms with Crippen LogP contribution in [0.2, 0.25) is 0 Å². The Morgan fingerprint density at radius 1 is 1.31 bits per heavy atom. The molecular formula is C19H28N4O3. The molecule has 4 atom stereocenters. The van der Waals surface area contributed by atoms with E-state index in [1.54, 1.807) is 17.3 Å². The molecule has 1 saturated carbocycles. The largest absolute Gasteiger partial charge is 0.467 e. The Morgan fingerprint density at radius 3 is 2.46 bits per heavy atom. The van der Waals surface area contributed by atoms with E-state index in [2.05, 4.69) is 29.1 Å². The standard InChI is InChI=1S/C19H28N4O3/c1-18(2,3)15(22-11-7-20-10-21-8-11)16(24)23-9-12-13(19(12,4)5)14(23)17(25)26-6/h7-8,10,12-15,22H,9H2,1-6H3/t12-,13-,14-,15+/m0/s1. The summed E-state index contributed by atoms with van der Waals surface area (Å²) in [5, 5.41) is 3.26. The zero-order valence-corrected chi connectivity index (χ0v) is 16.3. The van der Waals surface area contributed by atoms with Gasteiger partial charge in [-0.25, -0.2) is 14.8 Å². The van der Waals surface area contributed by atoms with Gasteiger partial charge in [0.25, 0.3) is 0 Å². The van der Waals surface area contributed by atoms with Crippen molar-refractivity contribution >= 4 is 17.6 Å². The molecule has 7 heteroatoms. The number of fused-ring (bicyclic) bond motifs is 1. The summed E-state index contributed by atoms with van der Waals surface area (Å²) in [6.45, 7) is 10.9. The van der Waals surface area contributed by atoms with E-state index in [9.17, 15) is 9.59 Å². The van der Waals surface area contributed by atoms with Crippen LogP contribution in [0, 0.1) is 22.7 Å². The minimum atomic E-state index is -0.508. The van der Waals surface area contributed by atoms with Crippen LogP contribution in [0.25, 0.3) is 0 Å². The second-order valence-electron chi connectivity index (χ2n) is 8.98. The van der Waals surface area contributed by atoms with Crippen LogP contribution in [0.15, 0.2) is 18.7 Å². The number of nitrogens with one attached hydrogen (secondary N) is 1. The Bertz CT molecular complexity index is 698. The summed E-state index contributed by atoms with van der Waals surface area (Å²) in [6, 6.07) is -1.01. The van der Waals surface area contributed by atoms with Crippen molar-refractivity contribution in [2.24, 2.45) is 22.7 Å². The number of nitrogens with zero attached hydrogens (tertiary/aromatic N) is 3. The van der Waals surface area contributed by atoms with Crippen LogP contribution in [0.3, 0.4) is 0 Å². The Balaban J connectivity index is 1.86. The first-order chi connectivity index (χ1) is 12.1. The normalized spacial score (nSPS) is 27.5. The van der Waals surface area contributed by atoms with Gasteiger partial charge >= 0.3 is 5.97 Å². The Hall–Kier alpha value is -2.18. The number of hydrogen-bond donors (Lipinski definition) is 1. The number of anilines is 1. The number of amides is 1. The van der Waals surface area contributed by atoms with Crippen molar-refractivity contribution in [1.82, 2.24) is 14.9 Å². The van der Waals surface area contributed by atoms with E-state index >= 15 is 0 Å². The summed E-state index contributed by atoms with van der Waals surface area (Å²) >= 11 is 0. The van der Waals surface area contributed by atoms with Crippen LogP contribution in [-0.2, 0) is 14.3 Å². The molecule has 0 spiro atoms. The second-order valence-corrected chi connectivity index (χ2v) is 8.98. The van der Waals surface area contributed by atoms with Gasteiger partial charge in [0, 0.05) is 12.5 Å². The molecule has 2 aliphatic rings. The minimum absolute atomic E-state index is 0.0769. The smallest absolute Gasteiger partial charge is 0.328 e. The maximum absolute atomic E-state index is 13.4. The van der Waals surface area contributed by atoms with E-state index in [1.807, 2.05) is 20.8 Å². The van der Waals surface area contributed by atoms with E-state index in [0.717, 1.165) is 0 Å². The molecule has 1 N–H and O–H groups in total. The Morgan fingerprint density at radius 2 is 1.92 bits per heavy atom. The van der Waals surface area contributed by atoms with Gasteiger partial charge in [-0.05, 0) is 16.7 Å². The van der Waals surface area contributed by atoms with Crippen LogP contribution < -0.4 is 5.32 Å². The number of piperidine rings is 1. The summed E-state index contributed by atoms with van der Waals surface area (Å²) in [7, 11) is 1.38. The summed E-state index contributed by atoms with van der Waals surface area (Å²) in [6.07, 6.45) is 4.73. The first kappa shape index (κ1) is 18.6. The SMILES string of the molecule is COC(=O)[C@@H]1[C@@H]2[C@H](CN1C(=O)[C@@H](Nc1cncnc1)C(C)(C)C)C2(C)C. The quantitative estimate of drug-likeness (QED) is 0.827. The Labute approximate surface area is 154 Å². The molecule has 3 rings (SSSR count). The van der Waals surface area contributed by atoms with Gasteiger partial charge in [-0.15, -0.1) is 0 Å². The first-order valence-electron chi connectivity index (χ1n) is 8.99. The molecule has 1 aromatic rings. The zero-order valence-electron chi connectivity index (χ0n) is 16.3. The highest BCUT2D eigenvalue weighted by atomic mass is 16.5. The molecule has 1 aliphatic heterocycles. The van der Waals surface area contributed by atoms with Crippen LogP contribution >= 0.6 is 0 Å². The number of carbonyl (C=O) groups excluding carboxylic acids is 2. The van der Waals surface area contributed by atoms with Gasteiger partial charge in [-0.2, -0.15) is 0 Å². The first-order valence-corrected chi connectivity index (χ1v) is 8.99. The van der Waals surface area contributed by atoms with Crippen molar-refractivity contribution in [2.45, 2.75) is 46.7 Å². The number of rotatable bonds is 4. The number of hydrogen-bond acceptors (Lipinski definition) is 6. The molecule has 142 valence electrons. The molecule has 0 aromatic carbocycles. The van der Waals surface area contributed by atoms with Gasteiger partial charge in [-0.3, -0.25) is 4.79 Å². The fourth-order valence-corrected chi connectivity index (χ4v) is 4.26. The number of aromatic nitrogens is 2. The third-order valence-corrected chi connectivity index (χ3v) is 5.92. The highest BCUT2D eigenvalue weighted by molar-refractivity contribution is 5.91. The van der Waals surface area contributed by atoms with Gasteiger partial charge < -0.3 is 15.0 Å². The lowest BCUT2D eigenvalue weighted by molar-refractivity contribution is -0.154. The van der Waals surface area contributed by atoms with Gasteiger partial charge in [0.1, 0.15) is 18.4 Å². The Kier molecular flexibility index (Phi) is 4.45. The number of methoxy groups -OCH3 is 1. The lowest BCUT2D eigenvalue weighted by atomic mass is 9.85. The molecule has 0 unspecified atom stereocenters. The van der Waals surface area contributed by atoms with Crippen LogP contribution in [0.4, 0.5) is 5.69 Å². The highest BCUT2D eigenvalue weighted by Crippen LogP contribution is 2.65. The van der Waals surface area contributed by atoms with Gasteiger partial charge in [0.05, 0.1) is 25.2 Å². The topological polar surface area (TPSA) is 84.4 Å². The zero-order chi connectivity index (χ0) is 19.3. The number of ether oxygens (including phenoxy) is 1. The van der Waals surface area contributed by atoms with Gasteiger partial charge in [-0.1, -0.05) is 34.6 Å². The molecule has 1 saturated heterocycles. The average molecular weight is 360 g/mol. The predicted octanol–water partition coefficient (Wildman–Crippen LogP) is 1.96. The molecule has 0 bridgehead atoms. The van der Waals surface area contributed by atoms with E-state index < -0.39 is 12.1 Å². The minimum Gasteiger partial charge on any atom is -0.467 e. The van der Waals surface area contributed by atoms with E-state index in [-0.39, 0.29) is 28.6 Å². The molecular weight excluding hydrogens is 332 g/mol. The van der Waals surface area contributed by atoms with Crippen molar-refractivity contribution in [1.29, 1.82) is 0 Å². The van der Waals surface area contributed by atoms with Gasteiger partial charge in [0.15, 0.2) is 0 Å². The van der Waals surface area contributed by atoms with Crippen molar-refractivity contribution in [2.75, 3.05) is 19.0 Å². The van der Waals surface area contributed by atoms with E-state index in [1.165, 1.54) is 13.4 Å². The predicted molar refractivity (Wildman–Crippen MR) is 97.2 cm³/mol. The average Bonchev–Trinajstić information content (AvgIpc) is 2.95. The number of likely N-dealkylation sites (tertiary alicyclic amines) is 1. The van der Waals surface area contributed by atoms with E-state index in [0.29, 0.717) is 18.2 Å². The summed E-state index contributed by atoms with van der Waals surface area (Å²) < 4.78 is 5.02. The summed E-state index contributed by atoms with van der Waals surface area (Å²) in [4.78, 5) is 35.6. The second kappa shape index (κ2) is 6.21. The molecule has 2 fully saturated rings. The van der Waals surface area contributed by atoms with Crippen molar-refractivity contribution in [3.05, 3.63) is 18.7 Å². The number of esters is 1. The van der Waals surface area contributed by atoms with Crippen molar-refractivity contribution in [3.8, 4) is 0 Å². The summed E-state index contributed by atoms with van der Waals surface area (Å²) in [5.41, 5.74) is 0.406. The van der Waals surface area contributed by atoms with Crippen molar-refractivity contribution in [3.63, 3.8) is 0 Å². The van der Waals surface area contributed by atoms with Crippen LogP contribution in [-0.4, -0.2) is 52.5 Å². The molecule has 26 heavy (non-hydrogen) atoms. The third kappa shape index (κ3) is 3.04. The molecule has 1 amide bonds. The molecule has 7 nitrogen and oxygen atoms in total. The van der Waals surface area contributed by atoms with Crippen molar-refractivity contribution < 1.29 is 14.3 Å². The molecule has 1 aromatic heterocycles. The number of carbonyl (C=O) groups is 2. The third-order valence-electron chi connectivity index (χ3n) is 5.92. The molecule has 1 aliphatic carbocycles. The molecule has 2 heterocycles. The lowest BCUT2D eigenvalue weighted by Gasteiger charge is -2.37. The van der Waals surface area contributed by atoms with Crippen LogP contribution in [0.5, 0.6) is 0 Å². The fraction of sp³-hybridized carbons (Fsp3) is 0.684. The lowest BCUT2D eigenvalue weighted by Crippen LogP contribution is -2.54. The van der Waals surface area contributed by atoms with Gasteiger partial charge in [0.2, 0.25) is 5.91 Å². The monoisotopic (exact) mass is 360 g/mol. The highest BCUT2D eigenvalue weighted by Gasteiger charge is 2.70. The summed E-state index contributed by atoms with van der Waals surface area (Å²) in [5.74, 6) is 0.0997. The maximum atomic E-state index is 13.4. The fourth-order valence-electron chi connectivity index (χ4n) is 4.26. The van der Waals surface area contributed by atoms with Crippen LogP contribution in [0.1, 0.15) is 34.6 Å². The maximum Gasteiger partial charge on any atom is 0.328 e. The van der Waals surface area contributed by atoms with E-state index in [4.69, 9.17) is 4.74 Å². The molecule has 0 radical (unpaired) electrons.